The van der Waals surface area contributed by atoms with E-state index in [1.165, 1.54) is 0 Å². The molecule has 0 spiro atoms. The van der Waals surface area contributed by atoms with Gasteiger partial charge >= 0.3 is 6.18 Å². The zero-order valence-corrected chi connectivity index (χ0v) is 13.8. The molecule has 1 aromatic heterocycles. The third-order valence-corrected chi connectivity index (χ3v) is 3.92. The number of guanidine groups is 1. The van der Waals surface area contributed by atoms with Crippen LogP contribution in [-0.2, 0) is 6.18 Å². The number of benzene rings is 1. The molecule has 1 aliphatic rings. The molecular weight excluding hydrogens is 380 g/mol. The number of aliphatic imine (C=N–C) groups is 1. The average Bonchev–Trinajstić information content (AvgIpc) is 2.60. The Labute approximate surface area is 155 Å². The summed E-state index contributed by atoms with van der Waals surface area (Å²) in [6, 6.07) is 2.38. The first-order valence-corrected chi connectivity index (χ1v) is 7.52. The summed E-state index contributed by atoms with van der Waals surface area (Å²) in [5.74, 6) is -1.55. The highest BCUT2D eigenvalue weighted by Crippen LogP contribution is 2.42. The van der Waals surface area contributed by atoms with Gasteiger partial charge in [0.15, 0.2) is 6.19 Å². The van der Waals surface area contributed by atoms with Crippen molar-refractivity contribution in [1.82, 2.24) is 10.3 Å². The highest BCUT2D eigenvalue weighted by atomic mass is 19.4. The molecule has 1 unspecified atom stereocenters. The number of aromatic nitrogens is 1. The number of nitrogens with one attached hydrogen (secondary N) is 2. The number of anilines is 3. The lowest BCUT2D eigenvalue weighted by Crippen LogP contribution is -2.32. The zero-order valence-electron chi connectivity index (χ0n) is 13.8. The van der Waals surface area contributed by atoms with Gasteiger partial charge in [0.2, 0.25) is 5.96 Å². The fourth-order valence-electron chi connectivity index (χ4n) is 2.76. The molecular formula is C16H10F4N8. The van der Waals surface area contributed by atoms with Crippen LogP contribution in [0.4, 0.5) is 34.9 Å². The first-order chi connectivity index (χ1) is 13.2. The van der Waals surface area contributed by atoms with Gasteiger partial charge in [-0.15, -0.1) is 0 Å². The Bertz CT molecular complexity index is 1080. The number of rotatable bonds is 1. The molecule has 2 aromatic rings. The summed E-state index contributed by atoms with van der Waals surface area (Å²) in [7, 11) is 0. The lowest BCUT2D eigenvalue weighted by molar-refractivity contribution is -0.137. The number of hydrogen-bond acceptors (Lipinski definition) is 8. The van der Waals surface area contributed by atoms with E-state index in [2.05, 4.69) is 20.6 Å². The van der Waals surface area contributed by atoms with Crippen molar-refractivity contribution in [3.8, 4) is 12.3 Å². The van der Waals surface area contributed by atoms with E-state index in [0.29, 0.717) is 12.1 Å². The number of halogens is 4. The molecule has 1 atom stereocenters. The number of nitrogens with zero attached hydrogens (tertiary/aromatic N) is 4. The topological polar surface area (TPSA) is 149 Å². The predicted octanol–water partition coefficient (Wildman–Crippen LogP) is 2.22. The molecule has 1 aromatic carbocycles. The van der Waals surface area contributed by atoms with E-state index in [4.69, 9.17) is 16.7 Å². The molecule has 0 fully saturated rings. The van der Waals surface area contributed by atoms with E-state index in [1.54, 1.807) is 12.3 Å². The highest BCUT2D eigenvalue weighted by molar-refractivity contribution is 5.98. The molecule has 28 heavy (non-hydrogen) atoms. The number of fused-ring (bicyclic) bond motifs is 1. The molecule has 0 radical (unpaired) electrons. The number of pyridine rings is 1. The summed E-state index contributed by atoms with van der Waals surface area (Å²) < 4.78 is 53.2. The van der Waals surface area contributed by atoms with Gasteiger partial charge in [-0.2, -0.15) is 23.7 Å². The maximum absolute atomic E-state index is 13.9. The van der Waals surface area contributed by atoms with Crippen molar-refractivity contribution in [1.29, 1.82) is 10.5 Å². The smallest absolute Gasteiger partial charge is 0.397 e. The van der Waals surface area contributed by atoms with Gasteiger partial charge < -0.3 is 16.8 Å². The van der Waals surface area contributed by atoms with E-state index in [1.807, 2.05) is 0 Å². The van der Waals surface area contributed by atoms with E-state index >= 15 is 0 Å². The minimum absolute atomic E-state index is 0.0235. The summed E-state index contributed by atoms with van der Waals surface area (Å²) in [6.07, 6.45) is -3.20. The molecule has 6 N–H and O–H groups in total. The molecule has 2 heterocycles. The standard InChI is InChI=1S/C16H10F4N8/c17-8-2-6(1-7(3-8)16(18,19)20)12-10-11(23)9(4-21)13(24)27-14(10)28-15(26-12)25-5-22/h1-3,12H,(H6,23,24,25,26,27,28). The van der Waals surface area contributed by atoms with E-state index in [0.717, 1.165) is 6.07 Å². The monoisotopic (exact) mass is 390 g/mol. The summed E-state index contributed by atoms with van der Waals surface area (Å²) in [5.41, 5.74) is 9.90. The van der Waals surface area contributed by atoms with Crippen molar-refractivity contribution < 1.29 is 17.6 Å². The van der Waals surface area contributed by atoms with Crippen molar-refractivity contribution in [2.45, 2.75) is 12.2 Å². The van der Waals surface area contributed by atoms with Gasteiger partial charge in [0.25, 0.3) is 0 Å². The molecule has 0 amide bonds. The lowest BCUT2D eigenvalue weighted by atomic mass is 9.94. The van der Waals surface area contributed by atoms with Crippen LogP contribution in [0.2, 0.25) is 0 Å². The van der Waals surface area contributed by atoms with Gasteiger partial charge in [-0.1, -0.05) is 0 Å². The summed E-state index contributed by atoms with van der Waals surface area (Å²) in [4.78, 5) is 8.05. The summed E-state index contributed by atoms with van der Waals surface area (Å²) in [5, 5.41) is 22.8. The molecule has 142 valence electrons. The summed E-state index contributed by atoms with van der Waals surface area (Å²) >= 11 is 0. The minimum atomic E-state index is -4.80. The first-order valence-electron chi connectivity index (χ1n) is 7.52. The lowest BCUT2D eigenvalue weighted by Gasteiger charge is -2.26. The quantitative estimate of drug-likeness (QED) is 0.331. The molecule has 8 nitrogen and oxygen atoms in total. The van der Waals surface area contributed by atoms with E-state index in [-0.39, 0.29) is 40.0 Å². The Morgan fingerprint density at radius 3 is 2.50 bits per heavy atom. The van der Waals surface area contributed by atoms with Gasteiger partial charge in [0, 0.05) is 5.56 Å². The Morgan fingerprint density at radius 2 is 1.89 bits per heavy atom. The Hall–Kier alpha value is -4.06. The average molecular weight is 390 g/mol. The molecule has 0 aliphatic carbocycles. The first kappa shape index (κ1) is 18.7. The van der Waals surface area contributed by atoms with Gasteiger partial charge in [0.05, 0.1) is 11.3 Å². The normalized spacial score (nSPS) is 15.5. The van der Waals surface area contributed by atoms with E-state index in [9.17, 15) is 22.8 Å². The van der Waals surface area contributed by atoms with Crippen molar-refractivity contribution in [3.05, 3.63) is 46.3 Å². The van der Waals surface area contributed by atoms with E-state index < -0.39 is 23.6 Å². The van der Waals surface area contributed by atoms with Crippen LogP contribution in [-0.4, -0.2) is 10.9 Å². The van der Waals surface area contributed by atoms with Gasteiger partial charge in [-0.25, -0.2) is 14.4 Å². The molecule has 0 bridgehead atoms. The van der Waals surface area contributed by atoms with Gasteiger partial charge in [0.1, 0.15) is 35.1 Å². The number of nitrogens with two attached hydrogens (primary N) is 2. The maximum atomic E-state index is 13.9. The SMILES string of the molecule is N#CNC1=NC(c2cc(F)cc(C(F)(F)F)c2)c2c(nc(N)c(C#N)c2N)N1. The predicted molar refractivity (Wildman–Crippen MR) is 90.8 cm³/mol. The molecule has 0 saturated heterocycles. The van der Waals surface area contributed by atoms with Crippen LogP contribution in [0.15, 0.2) is 23.2 Å². The second kappa shape index (κ2) is 6.59. The fourth-order valence-corrected chi connectivity index (χ4v) is 2.76. The summed E-state index contributed by atoms with van der Waals surface area (Å²) in [6.45, 7) is 0. The third kappa shape index (κ3) is 3.19. The highest BCUT2D eigenvalue weighted by Gasteiger charge is 2.34. The largest absolute Gasteiger partial charge is 0.416 e. The second-order valence-corrected chi connectivity index (χ2v) is 5.67. The van der Waals surface area contributed by atoms with Crippen molar-refractivity contribution in [2.75, 3.05) is 16.8 Å². The van der Waals surface area contributed by atoms with Crippen molar-refractivity contribution in [2.24, 2.45) is 4.99 Å². The van der Waals surface area contributed by atoms with Gasteiger partial charge in [-0.3, -0.25) is 5.32 Å². The van der Waals surface area contributed by atoms with Crippen LogP contribution in [0, 0.1) is 28.6 Å². The van der Waals surface area contributed by atoms with Gasteiger partial charge in [-0.05, 0) is 23.8 Å². The molecule has 12 heteroatoms. The Morgan fingerprint density at radius 1 is 1.18 bits per heavy atom. The zero-order chi connectivity index (χ0) is 20.6. The number of nitriles is 2. The van der Waals surface area contributed by atoms with Crippen LogP contribution < -0.4 is 22.1 Å². The van der Waals surface area contributed by atoms with Crippen LogP contribution >= 0.6 is 0 Å². The number of alkyl halides is 3. The molecule has 0 saturated carbocycles. The number of nitrogen functional groups attached to an aromatic ring is 2. The van der Waals surface area contributed by atoms with Crippen molar-refractivity contribution >= 4 is 23.3 Å². The second-order valence-electron chi connectivity index (χ2n) is 5.67. The minimum Gasteiger partial charge on any atom is -0.397 e. The van der Waals surface area contributed by atoms with Crippen LogP contribution in [0.25, 0.3) is 0 Å². The van der Waals surface area contributed by atoms with Crippen LogP contribution in [0.1, 0.15) is 28.3 Å². The maximum Gasteiger partial charge on any atom is 0.416 e. The van der Waals surface area contributed by atoms with Crippen molar-refractivity contribution in [3.63, 3.8) is 0 Å². The Kier molecular flexibility index (Phi) is 4.41. The fraction of sp³-hybridized carbons (Fsp3) is 0.125. The third-order valence-electron chi connectivity index (χ3n) is 3.92. The van der Waals surface area contributed by atoms with Crippen LogP contribution in [0.5, 0.6) is 0 Å². The molecule has 1 aliphatic heterocycles. The number of hydrogen-bond donors (Lipinski definition) is 4. The van der Waals surface area contributed by atoms with Crippen LogP contribution in [0.3, 0.4) is 0 Å². The Balaban J connectivity index is 2.28. The molecule has 3 rings (SSSR count).